The van der Waals surface area contributed by atoms with Crippen LogP contribution < -0.4 is 0 Å². The Balaban J connectivity index is 2.10. The second-order valence-electron chi connectivity index (χ2n) is 6.83. The number of hydrogen-bond donors (Lipinski definition) is 2. The number of imidazole rings is 1. The minimum atomic E-state index is 0.0417. The molecule has 0 spiro atoms. The number of rotatable bonds is 0. The number of para-hydroxylation sites is 1. The summed E-state index contributed by atoms with van der Waals surface area (Å²) in [6.07, 6.45) is 1.03. The molecule has 0 unspecified atom stereocenters. The maximum absolute atomic E-state index is 5.53. The van der Waals surface area contributed by atoms with Crippen molar-refractivity contribution in [1.82, 2.24) is 14.5 Å². The maximum Gasteiger partial charge on any atom is 0.177 e. The Morgan fingerprint density at radius 2 is 1.90 bits per heavy atom. The highest BCUT2D eigenvalue weighted by Crippen LogP contribution is 2.39. The molecule has 0 aliphatic carbocycles. The quantitative estimate of drug-likeness (QED) is 0.587. The molecule has 1 aliphatic heterocycles. The highest BCUT2D eigenvalue weighted by Gasteiger charge is 2.29. The number of aromatic nitrogens is 3. The SMILES string of the molecule is CC(C)(C)c1[nH]c(=S)n2c1-c1[nH]c3ccccc3c1CC2. The van der Waals surface area contributed by atoms with Crippen molar-refractivity contribution in [3.8, 4) is 11.4 Å². The number of benzene rings is 1. The smallest absolute Gasteiger partial charge is 0.177 e. The number of nitrogens with zero attached hydrogens (tertiary/aromatic N) is 1. The molecule has 1 aromatic carbocycles. The Bertz CT molecular complexity index is 902. The van der Waals surface area contributed by atoms with E-state index in [1.807, 2.05) is 0 Å². The van der Waals surface area contributed by atoms with Crippen LogP contribution in [0, 0.1) is 4.77 Å². The molecular formula is C17H19N3S. The van der Waals surface area contributed by atoms with Crippen LogP contribution in [-0.4, -0.2) is 14.5 Å². The Morgan fingerprint density at radius 3 is 2.67 bits per heavy atom. The second kappa shape index (κ2) is 4.10. The average molecular weight is 297 g/mol. The average Bonchev–Trinajstić information content (AvgIpc) is 2.96. The molecule has 3 nitrogen and oxygen atoms in total. The van der Waals surface area contributed by atoms with E-state index in [4.69, 9.17) is 12.2 Å². The summed E-state index contributed by atoms with van der Waals surface area (Å²) in [7, 11) is 0. The van der Waals surface area contributed by atoms with Gasteiger partial charge < -0.3 is 14.5 Å². The van der Waals surface area contributed by atoms with Crippen LogP contribution in [-0.2, 0) is 18.4 Å². The van der Waals surface area contributed by atoms with E-state index in [2.05, 4.69) is 59.6 Å². The van der Waals surface area contributed by atoms with Crippen molar-refractivity contribution in [2.75, 3.05) is 0 Å². The van der Waals surface area contributed by atoms with E-state index < -0.39 is 0 Å². The number of H-pyrrole nitrogens is 2. The van der Waals surface area contributed by atoms with Crippen LogP contribution in [0.3, 0.4) is 0 Å². The summed E-state index contributed by atoms with van der Waals surface area (Å²) in [5.41, 5.74) is 6.37. The Labute approximate surface area is 129 Å². The fourth-order valence-electron chi connectivity index (χ4n) is 3.37. The molecule has 3 aromatic rings. The van der Waals surface area contributed by atoms with Crippen LogP contribution in [0.4, 0.5) is 0 Å². The Kier molecular flexibility index (Phi) is 2.52. The van der Waals surface area contributed by atoms with Gasteiger partial charge in [-0.25, -0.2) is 0 Å². The predicted octanol–water partition coefficient (Wildman–Crippen LogP) is 4.55. The van der Waals surface area contributed by atoms with Gasteiger partial charge in [0.15, 0.2) is 4.77 Å². The van der Waals surface area contributed by atoms with Crippen LogP contribution >= 0.6 is 12.2 Å². The summed E-state index contributed by atoms with van der Waals surface area (Å²) in [5, 5.41) is 1.34. The van der Waals surface area contributed by atoms with Gasteiger partial charge in [0.2, 0.25) is 0 Å². The molecule has 21 heavy (non-hydrogen) atoms. The standard InChI is InChI=1S/C17H19N3S/c1-17(2,3)15-14-13-11(8-9-20(14)16(21)19-15)10-6-4-5-7-12(10)18-13/h4-7,18H,8-9H2,1-3H3,(H,19,21). The third kappa shape index (κ3) is 1.75. The molecule has 108 valence electrons. The van der Waals surface area contributed by atoms with Crippen molar-refractivity contribution in [2.24, 2.45) is 0 Å². The van der Waals surface area contributed by atoms with Gasteiger partial charge in [0.05, 0.1) is 11.4 Å². The lowest BCUT2D eigenvalue weighted by atomic mass is 9.88. The first-order valence-electron chi connectivity index (χ1n) is 7.40. The number of nitrogens with one attached hydrogen (secondary N) is 2. The summed E-state index contributed by atoms with van der Waals surface area (Å²) in [5.74, 6) is 0. The molecular weight excluding hydrogens is 278 g/mol. The molecule has 0 fully saturated rings. The van der Waals surface area contributed by atoms with Crippen molar-refractivity contribution in [3.05, 3.63) is 40.3 Å². The molecule has 4 heteroatoms. The Morgan fingerprint density at radius 1 is 1.14 bits per heavy atom. The molecule has 0 bridgehead atoms. The molecule has 0 atom stereocenters. The summed E-state index contributed by atoms with van der Waals surface area (Å²) in [4.78, 5) is 7.05. The summed E-state index contributed by atoms with van der Waals surface area (Å²) < 4.78 is 3.08. The van der Waals surface area contributed by atoms with Gasteiger partial charge in [-0.2, -0.15) is 0 Å². The number of aryl methyl sites for hydroxylation is 1. The lowest BCUT2D eigenvalue weighted by molar-refractivity contribution is 0.571. The van der Waals surface area contributed by atoms with Gasteiger partial charge in [-0.05, 0) is 30.3 Å². The molecule has 3 heterocycles. The van der Waals surface area contributed by atoms with E-state index in [1.54, 1.807) is 0 Å². The fourth-order valence-corrected chi connectivity index (χ4v) is 3.66. The minimum absolute atomic E-state index is 0.0417. The molecule has 2 aromatic heterocycles. The van der Waals surface area contributed by atoms with Gasteiger partial charge in [-0.15, -0.1) is 0 Å². The van der Waals surface area contributed by atoms with Gasteiger partial charge in [0.1, 0.15) is 0 Å². The van der Waals surface area contributed by atoms with E-state index >= 15 is 0 Å². The van der Waals surface area contributed by atoms with Crippen LogP contribution in [0.1, 0.15) is 32.0 Å². The van der Waals surface area contributed by atoms with Crippen molar-refractivity contribution in [1.29, 1.82) is 0 Å². The normalized spacial score (nSPS) is 14.2. The molecule has 0 radical (unpaired) electrons. The monoisotopic (exact) mass is 297 g/mol. The van der Waals surface area contributed by atoms with E-state index in [0.29, 0.717) is 0 Å². The van der Waals surface area contributed by atoms with Gasteiger partial charge >= 0.3 is 0 Å². The Hall–Kier alpha value is -1.81. The van der Waals surface area contributed by atoms with E-state index in [9.17, 15) is 0 Å². The van der Waals surface area contributed by atoms with Crippen molar-refractivity contribution in [3.63, 3.8) is 0 Å². The molecule has 4 rings (SSSR count). The molecule has 1 aliphatic rings. The van der Waals surface area contributed by atoms with E-state index in [-0.39, 0.29) is 5.41 Å². The third-order valence-electron chi connectivity index (χ3n) is 4.37. The molecule has 0 saturated carbocycles. The van der Waals surface area contributed by atoms with Crippen molar-refractivity contribution < 1.29 is 0 Å². The van der Waals surface area contributed by atoms with Crippen LogP contribution in [0.5, 0.6) is 0 Å². The third-order valence-corrected chi connectivity index (χ3v) is 4.69. The van der Waals surface area contributed by atoms with Crippen LogP contribution in [0.15, 0.2) is 24.3 Å². The highest BCUT2D eigenvalue weighted by molar-refractivity contribution is 7.71. The van der Waals surface area contributed by atoms with Crippen molar-refractivity contribution >= 4 is 23.1 Å². The zero-order valence-corrected chi connectivity index (χ0v) is 13.4. The molecule has 2 N–H and O–H groups in total. The van der Waals surface area contributed by atoms with Crippen molar-refractivity contribution in [2.45, 2.75) is 39.2 Å². The van der Waals surface area contributed by atoms with Gasteiger partial charge in [0.25, 0.3) is 0 Å². The summed E-state index contributed by atoms with van der Waals surface area (Å²) in [6, 6.07) is 8.55. The largest absolute Gasteiger partial charge is 0.353 e. The number of fused-ring (bicyclic) bond motifs is 5. The number of hydrogen-bond acceptors (Lipinski definition) is 1. The maximum atomic E-state index is 5.53. The number of aromatic amines is 2. The summed E-state index contributed by atoms with van der Waals surface area (Å²) in [6.45, 7) is 7.64. The first kappa shape index (κ1) is 12.9. The van der Waals surface area contributed by atoms with Crippen LogP contribution in [0.25, 0.3) is 22.3 Å². The minimum Gasteiger partial charge on any atom is -0.353 e. The predicted molar refractivity (Wildman–Crippen MR) is 89.3 cm³/mol. The van der Waals surface area contributed by atoms with E-state index in [0.717, 1.165) is 17.7 Å². The summed E-state index contributed by atoms with van der Waals surface area (Å²) >= 11 is 5.53. The topological polar surface area (TPSA) is 36.5 Å². The lowest BCUT2D eigenvalue weighted by Gasteiger charge is -2.22. The zero-order chi connectivity index (χ0) is 14.8. The van der Waals surface area contributed by atoms with Gasteiger partial charge in [-0.3, -0.25) is 0 Å². The first-order valence-corrected chi connectivity index (χ1v) is 7.81. The lowest BCUT2D eigenvalue weighted by Crippen LogP contribution is -2.17. The molecule has 0 saturated heterocycles. The molecule has 0 amide bonds. The zero-order valence-electron chi connectivity index (χ0n) is 12.6. The fraction of sp³-hybridized carbons (Fsp3) is 0.353. The first-order chi connectivity index (χ1) is 9.97. The van der Waals surface area contributed by atoms with Gasteiger partial charge in [-0.1, -0.05) is 39.0 Å². The van der Waals surface area contributed by atoms with E-state index in [1.165, 1.54) is 33.5 Å². The second-order valence-corrected chi connectivity index (χ2v) is 7.22. The van der Waals surface area contributed by atoms with Gasteiger partial charge in [0, 0.05) is 28.6 Å². The highest BCUT2D eigenvalue weighted by atomic mass is 32.1. The van der Waals surface area contributed by atoms with Crippen LogP contribution in [0.2, 0.25) is 0 Å².